The molecule has 0 aliphatic carbocycles. The summed E-state index contributed by atoms with van der Waals surface area (Å²) in [6, 6.07) is 21.9. The van der Waals surface area contributed by atoms with E-state index in [1.165, 1.54) is 12.1 Å². The minimum absolute atomic E-state index is 0.0958. The smallest absolute Gasteiger partial charge is 0.221 e. The quantitative estimate of drug-likeness (QED) is 0.513. The van der Waals surface area contributed by atoms with E-state index >= 15 is 0 Å². The van der Waals surface area contributed by atoms with Gasteiger partial charge in [0.1, 0.15) is 11.5 Å². The maximum atomic E-state index is 13.9. The summed E-state index contributed by atoms with van der Waals surface area (Å²) in [6.07, 6.45) is 3.87. The molecule has 146 valence electrons. The topological polar surface area (TPSA) is 46.4 Å². The van der Waals surface area contributed by atoms with E-state index in [1.54, 1.807) is 12.3 Å². The lowest BCUT2D eigenvalue weighted by atomic mass is 9.92. The van der Waals surface area contributed by atoms with E-state index < -0.39 is 0 Å². The molecule has 4 aromatic rings. The van der Waals surface area contributed by atoms with Crippen LogP contribution in [0.15, 0.2) is 85.2 Å². The first-order valence-electron chi connectivity index (χ1n) is 9.63. The number of aromatic nitrogens is 2. The fourth-order valence-electron chi connectivity index (χ4n) is 3.64. The zero-order valence-electron chi connectivity index (χ0n) is 16.1. The average Bonchev–Trinajstić information content (AvgIpc) is 3.16. The van der Waals surface area contributed by atoms with Crippen LogP contribution in [0.4, 0.5) is 4.39 Å². The van der Waals surface area contributed by atoms with Gasteiger partial charge in [0.2, 0.25) is 5.91 Å². The second-order valence-electron chi connectivity index (χ2n) is 7.12. The molecule has 0 saturated carbocycles. The standard InChI is InChI=1S/C24H22FN3O/c1-17(18-8-3-2-4-9-18)27-24(29)15-21(19-10-7-11-20(25)14-19)22-16-26-23-12-5-6-13-28(22)23/h2-14,16-17,21H,15H2,1H3,(H,27,29). The molecule has 1 N–H and O–H groups in total. The summed E-state index contributed by atoms with van der Waals surface area (Å²) in [6.45, 7) is 1.96. The van der Waals surface area contributed by atoms with E-state index in [9.17, 15) is 9.18 Å². The molecule has 0 aliphatic heterocycles. The molecule has 4 rings (SSSR count). The molecule has 2 atom stereocenters. The number of imidazole rings is 1. The highest BCUT2D eigenvalue weighted by Crippen LogP contribution is 2.29. The molecule has 0 saturated heterocycles. The molecule has 2 aromatic carbocycles. The van der Waals surface area contributed by atoms with E-state index in [2.05, 4.69) is 10.3 Å². The summed E-state index contributed by atoms with van der Waals surface area (Å²) in [5, 5.41) is 3.06. The molecule has 0 spiro atoms. The fourth-order valence-corrected chi connectivity index (χ4v) is 3.64. The third kappa shape index (κ3) is 4.19. The predicted octanol–water partition coefficient (Wildman–Crippen LogP) is 4.87. The summed E-state index contributed by atoms with van der Waals surface area (Å²) < 4.78 is 15.9. The van der Waals surface area contributed by atoms with Crippen LogP contribution in [-0.4, -0.2) is 15.3 Å². The highest BCUT2D eigenvalue weighted by Gasteiger charge is 2.23. The average molecular weight is 387 g/mol. The Kier molecular flexibility index (Phi) is 5.38. The number of hydrogen-bond acceptors (Lipinski definition) is 2. The largest absolute Gasteiger partial charge is 0.350 e. The lowest BCUT2D eigenvalue weighted by molar-refractivity contribution is -0.122. The van der Waals surface area contributed by atoms with Crippen molar-refractivity contribution in [3.05, 3.63) is 108 Å². The Hall–Kier alpha value is -3.47. The van der Waals surface area contributed by atoms with Crippen LogP contribution >= 0.6 is 0 Å². The number of rotatable bonds is 6. The first-order chi connectivity index (χ1) is 14.1. The molecular formula is C24H22FN3O. The minimum atomic E-state index is -0.320. The second-order valence-corrected chi connectivity index (χ2v) is 7.12. The molecule has 2 unspecified atom stereocenters. The minimum Gasteiger partial charge on any atom is -0.350 e. The Morgan fingerprint density at radius 2 is 1.79 bits per heavy atom. The summed E-state index contributed by atoms with van der Waals surface area (Å²) in [5.41, 5.74) is 3.44. The number of pyridine rings is 1. The van der Waals surface area contributed by atoms with Crippen LogP contribution in [0.3, 0.4) is 0 Å². The molecule has 1 amide bonds. The van der Waals surface area contributed by atoms with E-state index in [-0.39, 0.29) is 30.1 Å². The van der Waals surface area contributed by atoms with E-state index in [0.29, 0.717) is 0 Å². The first kappa shape index (κ1) is 18.9. The maximum Gasteiger partial charge on any atom is 0.221 e. The molecule has 0 radical (unpaired) electrons. The van der Waals surface area contributed by atoms with Crippen LogP contribution < -0.4 is 5.32 Å². The Morgan fingerprint density at radius 1 is 1.03 bits per heavy atom. The number of nitrogens with one attached hydrogen (secondary N) is 1. The van der Waals surface area contributed by atoms with Gasteiger partial charge in [-0.2, -0.15) is 0 Å². The summed E-state index contributed by atoms with van der Waals surface area (Å²) in [4.78, 5) is 17.3. The number of amides is 1. The van der Waals surface area contributed by atoms with Gasteiger partial charge in [0, 0.05) is 24.7 Å². The molecule has 5 heteroatoms. The van der Waals surface area contributed by atoms with Crippen molar-refractivity contribution in [2.24, 2.45) is 0 Å². The molecule has 0 aliphatic rings. The Labute approximate surface area is 169 Å². The van der Waals surface area contributed by atoms with Gasteiger partial charge in [-0.25, -0.2) is 9.37 Å². The van der Waals surface area contributed by atoms with Gasteiger partial charge in [0.25, 0.3) is 0 Å². The van der Waals surface area contributed by atoms with Crippen LogP contribution in [0.5, 0.6) is 0 Å². The van der Waals surface area contributed by atoms with Crippen LogP contribution in [0, 0.1) is 5.82 Å². The zero-order valence-corrected chi connectivity index (χ0v) is 16.1. The van der Waals surface area contributed by atoms with Crippen molar-refractivity contribution in [3.8, 4) is 0 Å². The lowest BCUT2D eigenvalue weighted by Gasteiger charge is -2.20. The third-order valence-corrected chi connectivity index (χ3v) is 5.12. The number of fused-ring (bicyclic) bond motifs is 1. The molecular weight excluding hydrogens is 365 g/mol. The summed E-state index contributed by atoms with van der Waals surface area (Å²) in [7, 11) is 0. The van der Waals surface area contributed by atoms with Crippen LogP contribution in [-0.2, 0) is 4.79 Å². The van der Waals surface area contributed by atoms with Gasteiger partial charge in [0.05, 0.1) is 11.7 Å². The van der Waals surface area contributed by atoms with Crippen molar-refractivity contribution in [1.29, 1.82) is 0 Å². The van der Waals surface area contributed by atoms with Gasteiger partial charge in [0.15, 0.2) is 0 Å². The monoisotopic (exact) mass is 387 g/mol. The number of nitrogens with zero attached hydrogens (tertiary/aromatic N) is 2. The van der Waals surface area contributed by atoms with Crippen molar-refractivity contribution in [2.75, 3.05) is 0 Å². The van der Waals surface area contributed by atoms with Crippen molar-refractivity contribution in [3.63, 3.8) is 0 Å². The maximum absolute atomic E-state index is 13.9. The van der Waals surface area contributed by atoms with Crippen LogP contribution in [0.2, 0.25) is 0 Å². The Morgan fingerprint density at radius 3 is 2.59 bits per heavy atom. The van der Waals surface area contributed by atoms with Crippen molar-refractivity contribution >= 4 is 11.6 Å². The zero-order chi connectivity index (χ0) is 20.2. The molecule has 0 bridgehead atoms. The van der Waals surface area contributed by atoms with Crippen molar-refractivity contribution in [2.45, 2.75) is 25.3 Å². The van der Waals surface area contributed by atoms with Crippen molar-refractivity contribution < 1.29 is 9.18 Å². The molecule has 4 nitrogen and oxygen atoms in total. The van der Waals surface area contributed by atoms with Crippen LogP contribution in [0.25, 0.3) is 5.65 Å². The van der Waals surface area contributed by atoms with Gasteiger partial charge in [-0.1, -0.05) is 48.5 Å². The van der Waals surface area contributed by atoms with Crippen molar-refractivity contribution in [1.82, 2.24) is 14.7 Å². The van der Waals surface area contributed by atoms with Crippen LogP contribution in [0.1, 0.15) is 42.1 Å². The number of hydrogen-bond donors (Lipinski definition) is 1. The molecule has 2 heterocycles. The summed E-state index contributed by atoms with van der Waals surface area (Å²) in [5.74, 6) is -0.730. The number of benzene rings is 2. The first-order valence-corrected chi connectivity index (χ1v) is 9.63. The lowest BCUT2D eigenvalue weighted by Crippen LogP contribution is -2.28. The Bertz CT molecular complexity index is 1120. The van der Waals surface area contributed by atoms with Gasteiger partial charge >= 0.3 is 0 Å². The van der Waals surface area contributed by atoms with E-state index in [1.807, 2.05) is 72.1 Å². The third-order valence-electron chi connectivity index (χ3n) is 5.12. The van der Waals surface area contributed by atoms with Gasteiger partial charge in [-0.15, -0.1) is 0 Å². The fraction of sp³-hybridized carbons (Fsp3) is 0.167. The van der Waals surface area contributed by atoms with Gasteiger partial charge < -0.3 is 9.72 Å². The van der Waals surface area contributed by atoms with Gasteiger partial charge in [-0.05, 0) is 42.3 Å². The van der Waals surface area contributed by atoms with E-state index in [0.717, 1.165) is 22.5 Å². The van der Waals surface area contributed by atoms with E-state index in [4.69, 9.17) is 0 Å². The Balaban J connectivity index is 1.63. The number of halogens is 1. The normalized spacial score (nSPS) is 13.2. The molecule has 29 heavy (non-hydrogen) atoms. The molecule has 0 fully saturated rings. The highest BCUT2D eigenvalue weighted by atomic mass is 19.1. The number of carbonyl (C=O) groups is 1. The predicted molar refractivity (Wildman–Crippen MR) is 111 cm³/mol. The number of carbonyl (C=O) groups excluding carboxylic acids is 1. The molecule has 2 aromatic heterocycles. The second kappa shape index (κ2) is 8.27. The highest BCUT2D eigenvalue weighted by molar-refractivity contribution is 5.78. The SMILES string of the molecule is CC(NC(=O)CC(c1cccc(F)c1)c1cnc2ccccn12)c1ccccc1. The van der Waals surface area contributed by atoms with Gasteiger partial charge in [-0.3, -0.25) is 4.79 Å². The summed E-state index contributed by atoms with van der Waals surface area (Å²) >= 11 is 0.